The second kappa shape index (κ2) is 3.99. The van der Waals surface area contributed by atoms with E-state index in [9.17, 15) is 0 Å². The van der Waals surface area contributed by atoms with E-state index >= 15 is 0 Å². The molecule has 2 atom stereocenters. The summed E-state index contributed by atoms with van der Waals surface area (Å²) >= 11 is 0. The van der Waals surface area contributed by atoms with Gasteiger partial charge in [0.05, 0.1) is 5.69 Å². The van der Waals surface area contributed by atoms with Gasteiger partial charge in [0.1, 0.15) is 0 Å². The third kappa shape index (κ3) is 1.76. The first-order valence-corrected chi connectivity index (χ1v) is 6.30. The van der Waals surface area contributed by atoms with Gasteiger partial charge in [0, 0.05) is 11.8 Å². The van der Waals surface area contributed by atoms with Crippen molar-refractivity contribution in [1.29, 1.82) is 0 Å². The quantitative estimate of drug-likeness (QED) is 0.711. The molecule has 1 unspecified atom stereocenters. The summed E-state index contributed by atoms with van der Waals surface area (Å²) in [5.74, 6) is 1.46. The van der Waals surface area contributed by atoms with Crippen molar-refractivity contribution in [3.05, 3.63) is 53.7 Å². The lowest BCUT2D eigenvalue weighted by Gasteiger charge is -2.09. The van der Waals surface area contributed by atoms with Gasteiger partial charge in [-0.05, 0) is 47.6 Å². The Balaban J connectivity index is 2.04. The summed E-state index contributed by atoms with van der Waals surface area (Å²) in [6.07, 6.45) is 3.06. The lowest BCUT2D eigenvalue weighted by molar-refractivity contribution is 0.532. The number of rotatable bonds is 1. The van der Waals surface area contributed by atoms with Crippen LogP contribution in [0.3, 0.4) is 0 Å². The zero-order valence-corrected chi connectivity index (χ0v) is 10.4. The highest BCUT2D eigenvalue weighted by Gasteiger charge is 2.25. The minimum atomic E-state index is 0.697. The molecule has 0 radical (unpaired) electrons. The van der Waals surface area contributed by atoms with Gasteiger partial charge in [0.2, 0.25) is 0 Å². The SMILES string of the molecule is CC1c2ccc(-c3ccccn3)cc2C[C@@H]1C. The van der Waals surface area contributed by atoms with Crippen molar-refractivity contribution in [2.24, 2.45) is 5.92 Å². The fourth-order valence-corrected chi connectivity index (χ4v) is 2.75. The first-order chi connectivity index (χ1) is 8.25. The minimum Gasteiger partial charge on any atom is -0.256 e. The van der Waals surface area contributed by atoms with E-state index in [1.165, 1.54) is 23.1 Å². The Labute approximate surface area is 103 Å². The Hall–Kier alpha value is -1.63. The van der Waals surface area contributed by atoms with Gasteiger partial charge in [-0.3, -0.25) is 4.98 Å². The monoisotopic (exact) mass is 223 g/mol. The molecule has 1 heteroatoms. The molecule has 2 aromatic rings. The number of hydrogen-bond acceptors (Lipinski definition) is 1. The van der Waals surface area contributed by atoms with E-state index in [-0.39, 0.29) is 0 Å². The molecular weight excluding hydrogens is 206 g/mol. The maximum atomic E-state index is 4.41. The van der Waals surface area contributed by atoms with E-state index < -0.39 is 0 Å². The Kier molecular flexibility index (Phi) is 2.47. The van der Waals surface area contributed by atoms with E-state index in [1.807, 2.05) is 18.3 Å². The van der Waals surface area contributed by atoms with Gasteiger partial charge < -0.3 is 0 Å². The second-order valence-electron chi connectivity index (χ2n) is 5.10. The van der Waals surface area contributed by atoms with Crippen LogP contribution in [0.25, 0.3) is 11.3 Å². The largest absolute Gasteiger partial charge is 0.256 e. The molecule has 0 aliphatic heterocycles. The van der Waals surface area contributed by atoms with Gasteiger partial charge >= 0.3 is 0 Å². The Morgan fingerprint density at radius 3 is 2.76 bits per heavy atom. The van der Waals surface area contributed by atoms with E-state index in [1.54, 1.807) is 0 Å². The Morgan fingerprint density at radius 2 is 2.00 bits per heavy atom. The van der Waals surface area contributed by atoms with Crippen LogP contribution in [0.15, 0.2) is 42.6 Å². The summed E-state index contributed by atoms with van der Waals surface area (Å²) in [7, 11) is 0. The van der Waals surface area contributed by atoms with E-state index in [0.717, 1.165) is 11.6 Å². The predicted octanol–water partition coefficient (Wildman–Crippen LogP) is 4.04. The van der Waals surface area contributed by atoms with Crippen LogP contribution >= 0.6 is 0 Å². The standard InChI is InChI=1S/C16H17N/c1-11-9-14-10-13(6-7-15(14)12(11)2)16-5-3-4-8-17-16/h3-8,10-12H,9H2,1-2H3/t11-,12?/m0/s1. The fraction of sp³-hybridized carbons (Fsp3) is 0.312. The van der Waals surface area contributed by atoms with E-state index in [0.29, 0.717) is 5.92 Å². The first-order valence-electron chi connectivity index (χ1n) is 6.30. The van der Waals surface area contributed by atoms with Crippen LogP contribution in [0, 0.1) is 5.92 Å². The van der Waals surface area contributed by atoms with Crippen LogP contribution in [-0.4, -0.2) is 4.98 Å². The molecule has 1 aliphatic carbocycles. The summed E-state index contributed by atoms with van der Waals surface area (Å²) in [6, 6.07) is 12.9. The number of aromatic nitrogens is 1. The molecule has 1 aliphatic rings. The average molecular weight is 223 g/mol. The van der Waals surface area contributed by atoms with Crippen molar-refractivity contribution in [2.45, 2.75) is 26.2 Å². The van der Waals surface area contributed by atoms with E-state index in [2.05, 4.69) is 43.1 Å². The van der Waals surface area contributed by atoms with Gasteiger partial charge in [0.25, 0.3) is 0 Å². The molecule has 1 nitrogen and oxygen atoms in total. The number of pyridine rings is 1. The smallest absolute Gasteiger partial charge is 0.0702 e. The molecular formula is C16H17N. The van der Waals surface area contributed by atoms with Crippen molar-refractivity contribution >= 4 is 0 Å². The average Bonchev–Trinajstić information content (AvgIpc) is 2.66. The maximum Gasteiger partial charge on any atom is 0.0702 e. The van der Waals surface area contributed by atoms with Gasteiger partial charge in [-0.2, -0.15) is 0 Å². The molecule has 1 aromatic carbocycles. The third-order valence-corrected chi connectivity index (χ3v) is 3.99. The highest BCUT2D eigenvalue weighted by molar-refractivity contribution is 5.61. The van der Waals surface area contributed by atoms with Crippen LogP contribution in [-0.2, 0) is 6.42 Å². The zero-order valence-electron chi connectivity index (χ0n) is 10.4. The number of nitrogens with zero attached hydrogens (tertiary/aromatic N) is 1. The van der Waals surface area contributed by atoms with Crippen LogP contribution in [0.5, 0.6) is 0 Å². The fourth-order valence-electron chi connectivity index (χ4n) is 2.75. The second-order valence-corrected chi connectivity index (χ2v) is 5.10. The molecule has 0 saturated heterocycles. The normalized spacial score (nSPS) is 22.5. The van der Waals surface area contributed by atoms with Gasteiger partial charge in [-0.15, -0.1) is 0 Å². The molecule has 1 aromatic heterocycles. The molecule has 0 amide bonds. The van der Waals surface area contributed by atoms with Crippen molar-refractivity contribution < 1.29 is 0 Å². The minimum absolute atomic E-state index is 0.697. The summed E-state index contributed by atoms with van der Waals surface area (Å²) < 4.78 is 0. The molecule has 0 bridgehead atoms. The highest BCUT2D eigenvalue weighted by atomic mass is 14.7. The zero-order chi connectivity index (χ0) is 11.8. The van der Waals surface area contributed by atoms with Crippen LogP contribution < -0.4 is 0 Å². The maximum absolute atomic E-state index is 4.41. The topological polar surface area (TPSA) is 12.9 Å². The first kappa shape index (κ1) is 10.5. The van der Waals surface area contributed by atoms with Crippen molar-refractivity contribution in [3.8, 4) is 11.3 Å². The lowest BCUT2D eigenvalue weighted by atomic mass is 9.96. The number of fused-ring (bicyclic) bond motifs is 1. The highest BCUT2D eigenvalue weighted by Crippen LogP contribution is 2.38. The molecule has 0 spiro atoms. The molecule has 86 valence electrons. The molecule has 17 heavy (non-hydrogen) atoms. The van der Waals surface area contributed by atoms with Crippen LogP contribution in [0.1, 0.15) is 30.9 Å². The predicted molar refractivity (Wildman–Crippen MR) is 71.0 cm³/mol. The molecule has 0 saturated carbocycles. The van der Waals surface area contributed by atoms with Crippen molar-refractivity contribution in [1.82, 2.24) is 4.98 Å². The Bertz CT molecular complexity index is 530. The number of hydrogen-bond donors (Lipinski definition) is 0. The third-order valence-electron chi connectivity index (χ3n) is 3.99. The Morgan fingerprint density at radius 1 is 1.12 bits per heavy atom. The van der Waals surface area contributed by atoms with E-state index in [4.69, 9.17) is 0 Å². The van der Waals surface area contributed by atoms with Crippen LogP contribution in [0.4, 0.5) is 0 Å². The molecule has 0 N–H and O–H groups in total. The summed E-state index contributed by atoms with van der Waals surface area (Å²) in [5, 5.41) is 0. The molecule has 0 fully saturated rings. The molecule has 1 heterocycles. The lowest BCUT2D eigenvalue weighted by Crippen LogP contribution is -1.97. The van der Waals surface area contributed by atoms with Crippen molar-refractivity contribution in [2.75, 3.05) is 0 Å². The van der Waals surface area contributed by atoms with Crippen LogP contribution in [0.2, 0.25) is 0 Å². The number of benzene rings is 1. The van der Waals surface area contributed by atoms with Gasteiger partial charge in [-0.25, -0.2) is 0 Å². The summed E-state index contributed by atoms with van der Waals surface area (Å²) in [4.78, 5) is 4.41. The van der Waals surface area contributed by atoms with Gasteiger partial charge in [-0.1, -0.05) is 32.0 Å². The van der Waals surface area contributed by atoms with Crippen molar-refractivity contribution in [3.63, 3.8) is 0 Å². The molecule has 3 rings (SSSR count). The van der Waals surface area contributed by atoms with Gasteiger partial charge in [0.15, 0.2) is 0 Å². The summed E-state index contributed by atoms with van der Waals surface area (Å²) in [5.41, 5.74) is 5.35. The summed E-state index contributed by atoms with van der Waals surface area (Å²) in [6.45, 7) is 4.67.